The highest BCUT2D eigenvalue weighted by molar-refractivity contribution is 5.94. The van der Waals surface area contributed by atoms with Crippen LogP contribution in [-0.4, -0.2) is 60.0 Å². The van der Waals surface area contributed by atoms with E-state index >= 15 is 0 Å². The molecule has 0 N–H and O–H groups in total. The summed E-state index contributed by atoms with van der Waals surface area (Å²) in [6, 6.07) is 13.6. The van der Waals surface area contributed by atoms with Crippen molar-refractivity contribution in [3.63, 3.8) is 0 Å². The first kappa shape index (κ1) is 23.8. The number of likely N-dealkylation sites (N-methyl/N-ethyl adjacent to an activating group) is 1. The number of likely N-dealkylation sites (tertiary alicyclic amines) is 1. The van der Waals surface area contributed by atoms with Crippen molar-refractivity contribution in [2.75, 3.05) is 20.1 Å². The van der Waals surface area contributed by atoms with Crippen LogP contribution < -0.4 is 9.47 Å². The Bertz CT molecular complexity index is 1330. The maximum absolute atomic E-state index is 13.2. The second kappa shape index (κ2) is 9.08. The lowest BCUT2D eigenvalue weighted by atomic mass is 9.51. The molecule has 1 saturated heterocycles. The summed E-state index contributed by atoms with van der Waals surface area (Å²) < 4.78 is 12.5. The molecule has 2 aromatic rings. The maximum atomic E-state index is 13.2. The molecule has 6 nitrogen and oxygen atoms in total. The monoisotopic (exact) mass is 496 g/mol. The Morgan fingerprint density at radius 1 is 1.24 bits per heavy atom. The Morgan fingerprint density at radius 2 is 2.05 bits per heavy atom. The average molecular weight is 497 g/mol. The molecule has 2 bridgehead atoms. The van der Waals surface area contributed by atoms with Crippen LogP contribution in [0, 0.1) is 17.8 Å². The number of benzene rings is 2. The number of esters is 1. The summed E-state index contributed by atoms with van der Waals surface area (Å²) in [5.41, 5.74) is 2.90. The Labute approximate surface area is 218 Å². The molecular weight excluding hydrogens is 464 g/mol. The van der Waals surface area contributed by atoms with Gasteiger partial charge in [-0.05, 0) is 62.4 Å². The van der Waals surface area contributed by atoms with E-state index in [0.29, 0.717) is 17.7 Å². The number of ether oxygens (including phenoxy) is 2. The molecule has 1 spiro atoms. The SMILES string of the molecule is C=CCN1CC[C@@]23c4c5ccc(OC(C)=O)c4C[C@@H]1[C@@H]2CC[C@@H](N(C)C(=O)C#Cc1ccccc1)[C@@H]3O5. The summed E-state index contributed by atoms with van der Waals surface area (Å²) in [6.07, 6.45) is 5.44. The van der Waals surface area contributed by atoms with Gasteiger partial charge in [0.25, 0.3) is 5.91 Å². The molecule has 2 heterocycles. The van der Waals surface area contributed by atoms with E-state index < -0.39 is 0 Å². The highest BCUT2D eigenvalue weighted by Gasteiger charge is 2.66. The normalized spacial score (nSPS) is 28.7. The van der Waals surface area contributed by atoms with Crippen LogP contribution in [0.4, 0.5) is 0 Å². The van der Waals surface area contributed by atoms with Crippen LogP contribution in [0.25, 0.3) is 0 Å². The minimum atomic E-state index is -0.316. The Hall–Kier alpha value is -3.56. The van der Waals surface area contributed by atoms with Gasteiger partial charge in [-0.2, -0.15) is 0 Å². The first-order chi connectivity index (χ1) is 17.9. The predicted octanol–water partition coefficient (Wildman–Crippen LogP) is 3.72. The van der Waals surface area contributed by atoms with E-state index in [9.17, 15) is 9.59 Å². The van der Waals surface area contributed by atoms with Gasteiger partial charge in [-0.15, -0.1) is 6.58 Å². The highest BCUT2D eigenvalue weighted by Crippen LogP contribution is 2.63. The third kappa shape index (κ3) is 3.67. The van der Waals surface area contributed by atoms with E-state index in [1.807, 2.05) is 55.6 Å². The van der Waals surface area contributed by atoms with Gasteiger partial charge in [0.05, 0.1) is 6.04 Å². The predicted molar refractivity (Wildman–Crippen MR) is 140 cm³/mol. The topological polar surface area (TPSA) is 59.1 Å². The number of hydrogen-bond donors (Lipinski definition) is 0. The Morgan fingerprint density at radius 3 is 2.81 bits per heavy atom. The fraction of sp³-hybridized carbons (Fsp3) is 0.419. The Balaban J connectivity index is 1.39. The zero-order chi connectivity index (χ0) is 25.7. The molecule has 5 atom stereocenters. The third-order valence-electron chi connectivity index (χ3n) is 8.93. The van der Waals surface area contributed by atoms with Crippen LogP contribution in [0.3, 0.4) is 0 Å². The van der Waals surface area contributed by atoms with E-state index in [1.54, 1.807) is 4.90 Å². The number of amides is 1. The molecule has 1 amide bonds. The van der Waals surface area contributed by atoms with Crippen molar-refractivity contribution in [2.45, 2.75) is 56.2 Å². The van der Waals surface area contributed by atoms with E-state index in [4.69, 9.17) is 9.47 Å². The number of piperidine rings is 1. The minimum absolute atomic E-state index is 0.0871. The molecule has 6 heteroatoms. The molecule has 190 valence electrons. The van der Waals surface area contributed by atoms with Gasteiger partial charge in [-0.3, -0.25) is 14.5 Å². The fourth-order valence-corrected chi connectivity index (χ4v) is 7.52. The summed E-state index contributed by atoms with van der Waals surface area (Å²) in [7, 11) is 1.86. The van der Waals surface area contributed by atoms with Gasteiger partial charge in [0.2, 0.25) is 0 Å². The van der Waals surface area contributed by atoms with Crippen molar-refractivity contribution in [3.05, 3.63) is 71.8 Å². The summed E-state index contributed by atoms with van der Waals surface area (Å²) in [6.45, 7) is 7.21. The van der Waals surface area contributed by atoms with Crippen LogP contribution in [0.2, 0.25) is 0 Å². The van der Waals surface area contributed by atoms with Crippen molar-refractivity contribution >= 4 is 11.9 Å². The average Bonchev–Trinajstić information content (AvgIpc) is 3.23. The lowest BCUT2D eigenvalue weighted by Crippen LogP contribution is -2.68. The van der Waals surface area contributed by atoms with Crippen molar-refractivity contribution < 1.29 is 19.1 Å². The molecular formula is C31H32N2O4. The van der Waals surface area contributed by atoms with Crippen molar-refractivity contribution in [1.82, 2.24) is 9.80 Å². The van der Waals surface area contributed by atoms with Gasteiger partial charge < -0.3 is 14.4 Å². The molecule has 37 heavy (non-hydrogen) atoms. The maximum Gasteiger partial charge on any atom is 0.308 e. The largest absolute Gasteiger partial charge is 0.487 e. The smallest absolute Gasteiger partial charge is 0.308 e. The van der Waals surface area contributed by atoms with Gasteiger partial charge in [-0.1, -0.05) is 30.2 Å². The van der Waals surface area contributed by atoms with Crippen molar-refractivity contribution in [2.24, 2.45) is 5.92 Å². The molecule has 2 aliphatic carbocycles. The summed E-state index contributed by atoms with van der Waals surface area (Å²) in [5, 5.41) is 0. The van der Waals surface area contributed by atoms with Crippen LogP contribution in [0.15, 0.2) is 55.1 Å². The van der Waals surface area contributed by atoms with E-state index in [0.717, 1.165) is 55.6 Å². The number of carbonyl (C=O) groups is 2. The highest BCUT2D eigenvalue weighted by atomic mass is 16.5. The molecule has 4 aliphatic rings. The summed E-state index contributed by atoms with van der Waals surface area (Å²) >= 11 is 0. The molecule has 1 saturated carbocycles. The van der Waals surface area contributed by atoms with Gasteiger partial charge in [0.15, 0.2) is 0 Å². The molecule has 2 fully saturated rings. The zero-order valence-corrected chi connectivity index (χ0v) is 21.4. The molecule has 2 aliphatic heterocycles. The number of nitrogens with zero attached hydrogens (tertiary/aromatic N) is 2. The first-order valence-electron chi connectivity index (χ1n) is 13.1. The van der Waals surface area contributed by atoms with E-state index in [2.05, 4.69) is 23.3 Å². The van der Waals surface area contributed by atoms with Crippen LogP contribution in [0.1, 0.15) is 42.9 Å². The van der Waals surface area contributed by atoms with Gasteiger partial charge in [-0.25, -0.2) is 0 Å². The van der Waals surface area contributed by atoms with E-state index in [1.165, 1.54) is 12.5 Å². The minimum Gasteiger partial charge on any atom is -0.487 e. The summed E-state index contributed by atoms with van der Waals surface area (Å²) in [5.74, 6) is 7.26. The first-order valence-corrected chi connectivity index (χ1v) is 13.1. The lowest BCUT2D eigenvalue weighted by molar-refractivity contribution is -0.134. The standard InChI is InChI=1S/C31H32N2O4/c1-4-17-33-18-16-31-23-11-12-24(32(3)28(35)15-10-21-8-6-5-7-9-21)30(31)37-27-14-13-26(36-20(2)34)22(29(27)31)19-25(23)33/h4-9,13-14,23-25,30H,1,11-12,16-19H2,2-3H3/t23-,24+,25+,30-,31-/m0/s1. The number of carbonyl (C=O) groups excluding carboxylic acids is 2. The fourth-order valence-electron chi connectivity index (χ4n) is 7.52. The van der Waals surface area contributed by atoms with Gasteiger partial charge >= 0.3 is 5.97 Å². The van der Waals surface area contributed by atoms with Crippen molar-refractivity contribution in [1.29, 1.82) is 0 Å². The second-order valence-electron chi connectivity index (χ2n) is 10.7. The third-order valence-corrected chi connectivity index (χ3v) is 8.93. The molecule has 0 aromatic heterocycles. The molecule has 0 unspecified atom stereocenters. The van der Waals surface area contributed by atoms with Gasteiger partial charge in [0.1, 0.15) is 17.6 Å². The number of hydrogen-bond acceptors (Lipinski definition) is 5. The molecule has 6 rings (SSSR count). The van der Waals surface area contributed by atoms with Crippen LogP contribution in [0.5, 0.6) is 11.5 Å². The lowest BCUT2D eigenvalue weighted by Gasteiger charge is -2.60. The Kier molecular flexibility index (Phi) is 5.84. The number of rotatable bonds is 4. The van der Waals surface area contributed by atoms with Gasteiger partial charge in [0, 0.05) is 54.6 Å². The summed E-state index contributed by atoms with van der Waals surface area (Å²) in [4.78, 5) is 29.5. The molecule has 0 radical (unpaired) electrons. The van der Waals surface area contributed by atoms with Crippen molar-refractivity contribution in [3.8, 4) is 23.3 Å². The quantitative estimate of drug-likeness (QED) is 0.280. The molecule has 2 aromatic carbocycles. The van der Waals surface area contributed by atoms with E-state index in [-0.39, 0.29) is 29.4 Å². The van der Waals surface area contributed by atoms with Crippen LogP contribution in [-0.2, 0) is 21.4 Å². The zero-order valence-electron chi connectivity index (χ0n) is 21.4. The second-order valence-corrected chi connectivity index (χ2v) is 10.7. The van der Waals surface area contributed by atoms with Crippen LogP contribution >= 0.6 is 0 Å².